The highest BCUT2D eigenvalue weighted by molar-refractivity contribution is 6.45. The number of rotatable bonds is 5. The molecule has 10 heteroatoms. The number of aromatic nitrogens is 2. The molecule has 1 N–H and O–H groups in total. The van der Waals surface area contributed by atoms with Crippen LogP contribution in [0.2, 0.25) is 0 Å². The number of benzene rings is 2. The number of amides is 1. The van der Waals surface area contributed by atoms with E-state index in [1.54, 1.807) is 36.4 Å². The van der Waals surface area contributed by atoms with Crippen molar-refractivity contribution < 1.29 is 31.7 Å². The van der Waals surface area contributed by atoms with E-state index in [4.69, 9.17) is 11.6 Å². The van der Waals surface area contributed by atoms with Gasteiger partial charge in [0.05, 0.1) is 7.05 Å². The molecule has 0 unspecified atom stereocenters. The lowest BCUT2D eigenvalue weighted by atomic mass is 10.0. The summed E-state index contributed by atoms with van der Waals surface area (Å²) >= 11 is 5.98. The first-order chi connectivity index (χ1) is 14.1. The van der Waals surface area contributed by atoms with Gasteiger partial charge in [-0.05, 0) is 35.4 Å². The fourth-order valence-corrected chi connectivity index (χ4v) is 2.72. The van der Waals surface area contributed by atoms with Crippen LogP contribution in [0, 0.1) is 5.82 Å². The second kappa shape index (κ2) is 8.58. The molecule has 1 amide bonds. The van der Waals surface area contributed by atoms with Gasteiger partial charge in [-0.15, -0.1) is 17.8 Å². The molecule has 0 saturated carbocycles. The number of nitrogens with zero attached hydrogens (tertiary/aromatic N) is 2. The number of hydrogen-bond donors (Lipinski definition) is 1. The number of carbonyl (C=O) groups excluding carboxylic acids is 1. The number of alkyl halides is 3. The summed E-state index contributed by atoms with van der Waals surface area (Å²) in [7, 11) is 1.77. The van der Waals surface area contributed by atoms with E-state index in [0.29, 0.717) is 11.1 Å². The van der Waals surface area contributed by atoms with E-state index in [-0.39, 0.29) is 16.3 Å². The smallest absolute Gasteiger partial charge is 0.406 e. The van der Waals surface area contributed by atoms with E-state index in [9.17, 15) is 22.4 Å². The summed E-state index contributed by atoms with van der Waals surface area (Å²) in [5, 5.41) is -0.230. The second-order valence-corrected chi connectivity index (χ2v) is 6.64. The molecule has 0 aliphatic rings. The fourth-order valence-electron chi connectivity index (χ4n) is 2.56. The molecule has 0 fully saturated rings. The molecule has 0 saturated heterocycles. The molecule has 0 radical (unpaired) electrons. The summed E-state index contributed by atoms with van der Waals surface area (Å²) in [6.07, 6.45) is 1.30. The van der Waals surface area contributed by atoms with Crippen molar-refractivity contribution in [3.63, 3.8) is 0 Å². The zero-order chi connectivity index (χ0) is 21.9. The molecule has 3 rings (SSSR count). The molecular formula is C20H15ClF4N3O2+. The predicted molar refractivity (Wildman–Crippen MR) is 102 cm³/mol. The van der Waals surface area contributed by atoms with Gasteiger partial charge in [-0.1, -0.05) is 35.9 Å². The minimum absolute atomic E-state index is 0.0778. The highest BCUT2D eigenvalue weighted by Gasteiger charge is 2.30. The summed E-state index contributed by atoms with van der Waals surface area (Å²) in [5.41, 5.74) is 3.50. The normalized spacial score (nSPS) is 12.0. The standard InChI is InChI=1S/C20H14ClF4N3O2/c1-27-8-9-28(12-27)26-19(29)17(21)10-15-3-2-14(11-18(15)22)13-4-6-16(7-5-13)30-20(23,24)25/h2-12H,1H3/p+1/b17-10-. The molecule has 0 aliphatic carbocycles. The van der Waals surface area contributed by atoms with E-state index < -0.39 is 18.1 Å². The molecule has 30 heavy (non-hydrogen) atoms. The quantitative estimate of drug-likeness (QED) is 0.364. The Morgan fingerprint density at radius 3 is 2.40 bits per heavy atom. The minimum atomic E-state index is -4.79. The van der Waals surface area contributed by atoms with Crippen molar-refractivity contribution in [3.8, 4) is 16.9 Å². The number of halogens is 5. The number of imidazole rings is 1. The van der Waals surface area contributed by atoms with Gasteiger partial charge in [-0.2, -0.15) is 5.43 Å². The molecule has 1 heterocycles. The van der Waals surface area contributed by atoms with Crippen molar-refractivity contribution in [2.45, 2.75) is 6.36 Å². The van der Waals surface area contributed by atoms with Gasteiger partial charge in [0.2, 0.25) is 0 Å². The number of aryl methyl sites for hydroxylation is 1. The minimum Gasteiger partial charge on any atom is -0.406 e. The van der Waals surface area contributed by atoms with Gasteiger partial charge in [-0.3, -0.25) is 4.79 Å². The maximum Gasteiger partial charge on any atom is 0.573 e. The molecule has 156 valence electrons. The Morgan fingerprint density at radius 2 is 1.83 bits per heavy atom. The highest BCUT2D eigenvalue weighted by atomic mass is 35.5. The van der Waals surface area contributed by atoms with Crippen LogP contribution in [0.25, 0.3) is 17.2 Å². The van der Waals surface area contributed by atoms with Crippen molar-refractivity contribution in [2.75, 3.05) is 5.43 Å². The van der Waals surface area contributed by atoms with Crippen LogP contribution in [0.15, 0.2) is 66.2 Å². The van der Waals surface area contributed by atoms with Crippen LogP contribution in [0.4, 0.5) is 17.6 Å². The Labute approximate surface area is 173 Å². The van der Waals surface area contributed by atoms with E-state index >= 15 is 0 Å². The Kier molecular flexibility index (Phi) is 6.12. The van der Waals surface area contributed by atoms with Crippen LogP contribution in [0.5, 0.6) is 5.75 Å². The number of ether oxygens (including phenoxy) is 1. The first-order valence-electron chi connectivity index (χ1n) is 8.48. The second-order valence-electron chi connectivity index (χ2n) is 6.23. The summed E-state index contributed by atoms with van der Waals surface area (Å²) in [6, 6.07) is 9.19. The van der Waals surface area contributed by atoms with Crippen LogP contribution in [-0.2, 0) is 11.8 Å². The number of nitrogens with one attached hydrogen (secondary N) is 1. The molecule has 0 atom stereocenters. The van der Waals surface area contributed by atoms with Crippen molar-refractivity contribution >= 4 is 23.6 Å². The lowest BCUT2D eigenvalue weighted by Crippen LogP contribution is -2.27. The third kappa shape index (κ3) is 5.60. The van der Waals surface area contributed by atoms with Gasteiger partial charge in [0, 0.05) is 5.56 Å². The average molecular weight is 441 g/mol. The molecule has 1 aromatic heterocycles. The molecular weight excluding hydrogens is 426 g/mol. The van der Waals surface area contributed by atoms with E-state index in [2.05, 4.69) is 10.2 Å². The van der Waals surface area contributed by atoms with Crippen molar-refractivity contribution in [1.29, 1.82) is 0 Å². The predicted octanol–water partition coefficient (Wildman–Crippen LogP) is 4.37. The van der Waals surface area contributed by atoms with Crippen LogP contribution in [-0.4, -0.2) is 16.9 Å². The molecule has 5 nitrogen and oxygen atoms in total. The van der Waals surface area contributed by atoms with Gasteiger partial charge < -0.3 is 4.74 Å². The van der Waals surface area contributed by atoms with Crippen LogP contribution in [0.3, 0.4) is 0 Å². The SMILES string of the molecule is C[n+]1ccn(NC(=O)/C(Cl)=C/c2ccc(-c3ccc(OC(F)(F)F)cc3)cc2F)c1. The summed E-state index contributed by atoms with van der Waals surface area (Å²) in [4.78, 5) is 12.1. The first-order valence-corrected chi connectivity index (χ1v) is 8.86. The Balaban J connectivity index is 1.74. The van der Waals surface area contributed by atoms with E-state index in [1.807, 2.05) is 0 Å². The van der Waals surface area contributed by atoms with Gasteiger partial charge in [0.25, 0.3) is 12.2 Å². The van der Waals surface area contributed by atoms with Crippen molar-refractivity contribution in [3.05, 3.63) is 77.6 Å². The van der Waals surface area contributed by atoms with Crippen LogP contribution < -0.4 is 14.7 Å². The Morgan fingerprint density at radius 1 is 1.17 bits per heavy atom. The summed E-state index contributed by atoms with van der Waals surface area (Å²) < 4.78 is 58.1. The molecule has 2 aromatic carbocycles. The fraction of sp³-hybridized carbons (Fsp3) is 0.100. The van der Waals surface area contributed by atoms with E-state index in [0.717, 1.165) is 12.1 Å². The Hall–Kier alpha value is -3.33. The van der Waals surface area contributed by atoms with Crippen LogP contribution in [0.1, 0.15) is 5.56 Å². The summed E-state index contributed by atoms with van der Waals surface area (Å²) in [6.45, 7) is 0. The molecule has 3 aromatic rings. The lowest BCUT2D eigenvalue weighted by Gasteiger charge is -2.09. The van der Waals surface area contributed by atoms with Gasteiger partial charge in [-0.25, -0.2) is 8.96 Å². The van der Waals surface area contributed by atoms with Gasteiger partial charge >= 0.3 is 6.36 Å². The molecule has 0 aliphatic heterocycles. The average Bonchev–Trinajstić information content (AvgIpc) is 3.07. The Bertz CT molecular complexity index is 1090. The molecule has 0 bridgehead atoms. The number of carbonyl (C=O) groups is 1. The third-order valence-corrected chi connectivity index (χ3v) is 4.20. The first kappa shape index (κ1) is 21.4. The maximum atomic E-state index is 14.5. The number of hydrogen-bond acceptors (Lipinski definition) is 2. The zero-order valence-corrected chi connectivity index (χ0v) is 16.2. The highest BCUT2D eigenvalue weighted by Crippen LogP contribution is 2.28. The summed E-state index contributed by atoms with van der Waals surface area (Å²) in [5.74, 6) is -1.65. The van der Waals surface area contributed by atoms with Crippen LogP contribution >= 0.6 is 11.6 Å². The zero-order valence-electron chi connectivity index (χ0n) is 15.5. The molecule has 0 spiro atoms. The third-order valence-electron chi connectivity index (χ3n) is 3.92. The monoisotopic (exact) mass is 440 g/mol. The lowest BCUT2D eigenvalue weighted by molar-refractivity contribution is -0.670. The van der Waals surface area contributed by atoms with Gasteiger partial charge in [0.1, 0.15) is 22.8 Å². The largest absolute Gasteiger partial charge is 0.573 e. The van der Waals surface area contributed by atoms with Crippen molar-refractivity contribution in [1.82, 2.24) is 4.68 Å². The van der Waals surface area contributed by atoms with E-state index in [1.165, 1.54) is 35.0 Å². The van der Waals surface area contributed by atoms with Crippen molar-refractivity contribution in [2.24, 2.45) is 7.05 Å². The topological polar surface area (TPSA) is 47.1 Å². The van der Waals surface area contributed by atoms with Gasteiger partial charge in [0.15, 0.2) is 6.20 Å². The maximum absolute atomic E-state index is 14.5.